The Kier molecular flexibility index (Phi) is 8.64. The average Bonchev–Trinajstić information content (AvgIpc) is 3.48. The van der Waals surface area contributed by atoms with Gasteiger partial charge in [-0.3, -0.25) is 4.98 Å². The first-order valence-corrected chi connectivity index (χ1v) is 15.3. The third kappa shape index (κ3) is 6.62. The van der Waals surface area contributed by atoms with Gasteiger partial charge in [0.2, 0.25) is 15.9 Å². The molecule has 2 aromatic carbocycles. The zero-order chi connectivity index (χ0) is 30.7. The SMILES string of the molecule is COc1ncc(-c2ccc3c(Nc4cc(OC(C)C)cc(C(=O)O)c4)c(S(=O)(=O)NC4CCCC4)cnc3c2)c(OC)n1. The summed E-state index contributed by atoms with van der Waals surface area (Å²) in [5, 5.41) is 13.4. The Morgan fingerprint density at radius 2 is 1.79 bits per heavy atom. The number of pyridine rings is 1. The highest BCUT2D eigenvalue weighted by Gasteiger charge is 2.27. The topological polar surface area (TPSA) is 162 Å². The Balaban J connectivity index is 1.66. The summed E-state index contributed by atoms with van der Waals surface area (Å²) in [5.41, 5.74) is 2.33. The molecule has 0 unspecified atom stereocenters. The predicted octanol–water partition coefficient (Wildman–Crippen LogP) is 5.16. The second-order valence-corrected chi connectivity index (χ2v) is 12.1. The molecule has 1 fully saturated rings. The Labute approximate surface area is 249 Å². The van der Waals surface area contributed by atoms with Crippen molar-refractivity contribution in [2.24, 2.45) is 0 Å². The molecule has 226 valence electrons. The van der Waals surface area contributed by atoms with E-state index in [1.807, 2.05) is 13.8 Å². The molecule has 0 radical (unpaired) electrons. The van der Waals surface area contributed by atoms with Gasteiger partial charge in [0.25, 0.3) is 0 Å². The van der Waals surface area contributed by atoms with Crippen molar-refractivity contribution in [2.75, 3.05) is 19.5 Å². The summed E-state index contributed by atoms with van der Waals surface area (Å²) < 4.78 is 46.6. The molecule has 1 aliphatic carbocycles. The van der Waals surface area contributed by atoms with Gasteiger partial charge in [-0.1, -0.05) is 25.0 Å². The molecule has 43 heavy (non-hydrogen) atoms. The van der Waals surface area contributed by atoms with Crippen molar-refractivity contribution < 1.29 is 32.5 Å². The first-order valence-electron chi connectivity index (χ1n) is 13.8. The predicted molar refractivity (Wildman–Crippen MR) is 161 cm³/mol. The number of aromatic nitrogens is 3. The van der Waals surface area contributed by atoms with Gasteiger partial charge in [-0.15, -0.1) is 0 Å². The Morgan fingerprint density at radius 3 is 2.47 bits per heavy atom. The summed E-state index contributed by atoms with van der Waals surface area (Å²) in [5.74, 6) is -0.515. The second-order valence-electron chi connectivity index (χ2n) is 10.5. The Morgan fingerprint density at radius 1 is 1.02 bits per heavy atom. The van der Waals surface area contributed by atoms with Crippen LogP contribution in [-0.4, -0.2) is 60.8 Å². The lowest BCUT2D eigenvalue weighted by molar-refractivity contribution is 0.0696. The molecule has 2 aromatic heterocycles. The van der Waals surface area contributed by atoms with Crippen LogP contribution >= 0.6 is 0 Å². The van der Waals surface area contributed by atoms with Crippen LogP contribution in [0.1, 0.15) is 49.9 Å². The van der Waals surface area contributed by atoms with Gasteiger partial charge in [-0.05, 0) is 50.5 Å². The van der Waals surface area contributed by atoms with Gasteiger partial charge in [0.05, 0.1) is 42.7 Å². The van der Waals surface area contributed by atoms with Crippen molar-refractivity contribution in [1.82, 2.24) is 19.7 Å². The summed E-state index contributed by atoms with van der Waals surface area (Å²) in [6, 6.07) is 9.77. The summed E-state index contributed by atoms with van der Waals surface area (Å²) in [6.45, 7) is 3.66. The maximum Gasteiger partial charge on any atom is 0.335 e. The quantitative estimate of drug-likeness (QED) is 0.206. The maximum absolute atomic E-state index is 13.7. The van der Waals surface area contributed by atoms with Gasteiger partial charge >= 0.3 is 12.0 Å². The largest absolute Gasteiger partial charge is 0.491 e. The molecule has 0 aliphatic heterocycles. The molecule has 1 saturated carbocycles. The minimum absolute atomic E-state index is 0.0126. The van der Waals surface area contributed by atoms with Crippen LogP contribution in [0.3, 0.4) is 0 Å². The van der Waals surface area contributed by atoms with Crippen LogP contribution in [0.4, 0.5) is 11.4 Å². The number of sulfonamides is 1. The summed E-state index contributed by atoms with van der Waals surface area (Å²) in [7, 11) is -1.05. The molecule has 3 N–H and O–H groups in total. The van der Waals surface area contributed by atoms with E-state index >= 15 is 0 Å². The molecule has 13 heteroatoms. The molecule has 5 rings (SSSR count). The van der Waals surface area contributed by atoms with Crippen LogP contribution in [0.25, 0.3) is 22.0 Å². The van der Waals surface area contributed by atoms with Crippen molar-refractivity contribution in [3.8, 4) is 28.8 Å². The summed E-state index contributed by atoms with van der Waals surface area (Å²) in [4.78, 5) is 24.8. The number of hydrogen-bond acceptors (Lipinski definition) is 10. The number of hydrogen-bond donors (Lipinski definition) is 3. The van der Waals surface area contributed by atoms with Crippen molar-refractivity contribution in [3.05, 3.63) is 54.4 Å². The third-order valence-electron chi connectivity index (χ3n) is 7.01. The lowest BCUT2D eigenvalue weighted by Crippen LogP contribution is -2.33. The molecular formula is C30H33N5O7S. The van der Waals surface area contributed by atoms with E-state index in [1.165, 1.54) is 32.5 Å². The van der Waals surface area contributed by atoms with Crippen molar-refractivity contribution in [2.45, 2.75) is 56.6 Å². The molecule has 0 spiro atoms. The lowest BCUT2D eigenvalue weighted by Gasteiger charge is -2.19. The average molecular weight is 608 g/mol. The molecule has 4 aromatic rings. The van der Waals surface area contributed by atoms with Crippen LogP contribution < -0.4 is 24.2 Å². The summed E-state index contributed by atoms with van der Waals surface area (Å²) in [6.07, 6.45) is 6.10. The first-order chi connectivity index (χ1) is 20.6. The van der Waals surface area contributed by atoms with E-state index in [-0.39, 0.29) is 34.3 Å². The van der Waals surface area contributed by atoms with Gasteiger partial charge in [-0.25, -0.2) is 22.9 Å². The van der Waals surface area contributed by atoms with Gasteiger partial charge in [-0.2, -0.15) is 4.98 Å². The number of benzene rings is 2. The molecule has 0 amide bonds. The van der Waals surface area contributed by atoms with Gasteiger partial charge in [0.1, 0.15) is 10.6 Å². The number of anilines is 2. The van der Waals surface area contributed by atoms with Crippen molar-refractivity contribution in [3.63, 3.8) is 0 Å². The number of ether oxygens (including phenoxy) is 3. The van der Waals surface area contributed by atoms with E-state index in [4.69, 9.17) is 14.2 Å². The third-order valence-corrected chi connectivity index (χ3v) is 8.55. The molecule has 0 atom stereocenters. The van der Waals surface area contributed by atoms with Crippen LogP contribution in [0.5, 0.6) is 17.6 Å². The molecule has 2 heterocycles. The van der Waals surface area contributed by atoms with Gasteiger partial charge in [0.15, 0.2) is 0 Å². The number of nitrogens with one attached hydrogen (secondary N) is 2. The number of rotatable bonds is 11. The van der Waals surface area contributed by atoms with Crippen LogP contribution in [0.2, 0.25) is 0 Å². The van der Waals surface area contributed by atoms with Crippen LogP contribution in [0, 0.1) is 0 Å². The zero-order valence-corrected chi connectivity index (χ0v) is 25.1. The molecule has 0 bridgehead atoms. The maximum atomic E-state index is 13.7. The van der Waals surface area contributed by atoms with E-state index in [9.17, 15) is 18.3 Å². The zero-order valence-electron chi connectivity index (χ0n) is 24.2. The number of carboxylic acid groups (broad SMARTS) is 1. The van der Waals surface area contributed by atoms with E-state index in [0.29, 0.717) is 39.3 Å². The number of carbonyl (C=O) groups is 1. The monoisotopic (exact) mass is 607 g/mol. The second kappa shape index (κ2) is 12.4. The Bertz CT molecular complexity index is 1770. The number of carboxylic acids is 1. The smallest absolute Gasteiger partial charge is 0.335 e. The normalized spacial score (nSPS) is 13.8. The number of nitrogens with zero attached hydrogens (tertiary/aromatic N) is 3. The van der Waals surface area contributed by atoms with E-state index in [2.05, 4.69) is 25.0 Å². The first kappa shape index (κ1) is 30.0. The number of aromatic carboxylic acids is 1. The van der Waals surface area contributed by atoms with Gasteiger partial charge < -0.3 is 24.6 Å². The standard InChI is InChI=1S/C30H33N5O7S/c1-17(2)42-22-12-19(29(36)37)11-21(14-22)33-27-23-10-9-18(24-15-32-30(41-4)34-28(24)40-3)13-25(23)31-16-26(27)43(38,39)35-20-7-5-6-8-20/h9-17,20,35H,5-8H2,1-4H3,(H,31,33)(H,36,37). The fourth-order valence-corrected chi connectivity index (χ4v) is 6.51. The number of fused-ring (bicyclic) bond motifs is 1. The summed E-state index contributed by atoms with van der Waals surface area (Å²) >= 11 is 0. The van der Waals surface area contributed by atoms with E-state index in [0.717, 1.165) is 25.7 Å². The fraction of sp³-hybridized carbons (Fsp3) is 0.333. The fourth-order valence-electron chi connectivity index (χ4n) is 5.08. The van der Waals surface area contributed by atoms with E-state index < -0.39 is 16.0 Å². The highest BCUT2D eigenvalue weighted by Crippen LogP contribution is 2.37. The van der Waals surface area contributed by atoms with Crippen LogP contribution in [-0.2, 0) is 10.0 Å². The van der Waals surface area contributed by atoms with Crippen molar-refractivity contribution in [1.29, 1.82) is 0 Å². The highest BCUT2D eigenvalue weighted by molar-refractivity contribution is 7.89. The van der Waals surface area contributed by atoms with Gasteiger partial charge in [0, 0.05) is 35.6 Å². The number of methoxy groups -OCH3 is 2. The molecule has 12 nitrogen and oxygen atoms in total. The van der Waals surface area contributed by atoms with Crippen molar-refractivity contribution >= 4 is 38.3 Å². The Hall–Kier alpha value is -4.49. The molecule has 0 saturated heterocycles. The minimum Gasteiger partial charge on any atom is -0.491 e. The molecule has 1 aliphatic rings. The minimum atomic E-state index is -4.00. The van der Waals surface area contributed by atoms with Crippen LogP contribution in [0.15, 0.2) is 53.7 Å². The highest BCUT2D eigenvalue weighted by atomic mass is 32.2. The lowest BCUT2D eigenvalue weighted by atomic mass is 10.0. The van der Waals surface area contributed by atoms with E-state index in [1.54, 1.807) is 30.5 Å². The molecular weight excluding hydrogens is 574 g/mol.